The lowest BCUT2D eigenvalue weighted by Gasteiger charge is -2.01. The molecule has 0 aliphatic heterocycles. The summed E-state index contributed by atoms with van der Waals surface area (Å²) in [5.74, 6) is -0.305. The predicted molar refractivity (Wildman–Crippen MR) is 91.9 cm³/mol. The number of rotatable bonds is 6. The summed E-state index contributed by atoms with van der Waals surface area (Å²) in [5, 5.41) is 0.612. The highest BCUT2D eigenvalue weighted by Crippen LogP contribution is 2.19. The van der Waals surface area contributed by atoms with E-state index in [0.29, 0.717) is 10.6 Å². The molecule has 0 heterocycles. The van der Waals surface area contributed by atoms with Crippen LogP contribution in [0, 0.1) is 0 Å². The molecule has 25 heavy (non-hydrogen) atoms. The molecular formula is C19H12ClF3O2. The second-order valence-electron chi connectivity index (χ2n) is 4.83. The first kappa shape index (κ1) is 18.5. The molecule has 0 spiro atoms. The minimum Gasteiger partial charge on any atom is -0.428 e. The van der Waals surface area contributed by atoms with Gasteiger partial charge in [-0.2, -0.15) is 13.2 Å². The van der Waals surface area contributed by atoms with E-state index in [0.717, 1.165) is 5.56 Å². The largest absolute Gasteiger partial charge is 0.428 e. The summed E-state index contributed by atoms with van der Waals surface area (Å²) in [6.45, 7) is 0. The van der Waals surface area contributed by atoms with Crippen LogP contribution in [0.5, 0.6) is 5.75 Å². The summed E-state index contributed by atoms with van der Waals surface area (Å²) in [7, 11) is 0. The molecule has 2 nitrogen and oxygen atoms in total. The third-order valence-electron chi connectivity index (χ3n) is 2.99. The minimum absolute atomic E-state index is 0.0728. The quantitative estimate of drug-likeness (QED) is 0.460. The Morgan fingerprint density at radius 2 is 1.32 bits per heavy atom. The van der Waals surface area contributed by atoms with Gasteiger partial charge in [-0.1, -0.05) is 48.0 Å². The van der Waals surface area contributed by atoms with Crippen molar-refractivity contribution in [2.45, 2.75) is 0 Å². The average Bonchev–Trinajstić information content (AvgIpc) is 2.60. The predicted octanol–water partition coefficient (Wildman–Crippen LogP) is 6.05. The molecule has 0 N–H and O–H groups in total. The Balaban J connectivity index is 1.95. The number of hydrogen-bond acceptors (Lipinski definition) is 2. The highest BCUT2D eigenvalue weighted by atomic mass is 35.5. The zero-order valence-electron chi connectivity index (χ0n) is 12.8. The number of ketones is 1. The third kappa shape index (κ3) is 6.31. The topological polar surface area (TPSA) is 26.3 Å². The van der Waals surface area contributed by atoms with Gasteiger partial charge in [0.05, 0.1) is 0 Å². The van der Waals surface area contributed by atoms with E-state index in [1.165, 1.54) is 36.4 Å². The molecule has 0 atom stereocenters. The SMILES string of the molecule is O=C(C=Cc1ccc(Cl)cc1)C=Cc1ccc(OC(F)=C(F)F)cc1. The molecule has 0 saturated carbocycles. The van der Waals surface area contributed by atoms with E-state index < -0.39 is 12.1 Å². The Bertz CT molecular complexity index is 819. The lowest BCUT2D eigenvalue weighted by molar-refractivity contribution is -0.110. The maximum absolute atomic E-state index is 12.6. The van der Waals surface area contributed by atoms with Crippen molar-refractivity contribution >= 4 is 29.5 Å². The molecule has 2 rings (SSSR count). The summed E-state index contributed by atoms with van der Waals surface area (Å²) >= 11 is 5.77. The van der Waals surface area contributed by atoms with Crippen molar-refractivity contribution in [3.8, 4) is 5.75 Å². The van der Waals surface area contributed by atoms with Crippen LogP contribution >= 0.6 is 11.6 Å². The van der Waals surface area contributed by atoms with Gasteiger partial charge in [0.2, 0.25) is 0 Å². The normalized spacial score (nSPS) is 11.0. The Morgan fingerprint density at radius 3 is 1.80 bits per heavy atom. The van der Waals surface area contributed by atoms with Gasteiger partial charge in [0, 0.05) is 5.02 Å². The van der Waals surface area contributed by atoms with Gasteiger partial charge in [-0.3, -0.25) is 4.79 Å². The van der Waals surface area contributed by atoms with Crippen LogP contribution in [0.4, 0.5) is 13.2 Å². The number of ether oxygens (including phenoxy) is 1. The molecule has 6 heteroatoms. The average molecular weight is 365 g/mol. The van der Waals surface area contributed by atoms with Gasteiger partial charge in [-0.05, 0) is 47.5 Å². The highest BCUT2D eigenvalue weighted by molar-refractivity contribution is 6.30. The summed E-state index contributed by atoms with van der Waals surface area (Å²) in [4.78, 5) is 11.8. The van der Waals surface area contributed by atoms with E-state index in [4.69, 9.17) is 11.6 Å². The Morgan fingerprint density at radius 1 is 0.840 bits per heavy atom. The summed E-state index contributed by atoms with van der Waals surface area (Å²) < 4.78 is 40.8. The van der Waals surface area contributed by atoms with Crippen molar-refractivity contribution in [3.63, 3.8) is 0 Å². The Kier molecular flexibility index (Phi) is 6.60. The van der Waals surface area contributed by atoms with Crippen LogP contribution in [0.2, 0.25) is 5.02 Å². The zero-order valence-corrected chi connectivity index (χ0v) is 13.5. The van der Waals surface area contributed by atoms with Gasteiger partial charge in [-0.25, -0.2) is 0 Å². The van der Waals surface area contributed by atoms with Gasteiger partial charge in [0.1, 0.15) is 5.75 Å². The molecule has 128 valence electrons. The van der Waals surface area contributed by atoms with Crippen molar-refractivity contribution in [3.05, 3.63) is 88.9 Å². The van der Waals surface area contributed by atoms with E-state index in [2.05, 4.69) is 4.74 Å². The van der Waals surface area contributed by atoms with E-state index in [1.54, 1.807) is 36.4 Å². The number of allylic oxidation sites excluding steroid dienone is 2. The lowest BCUT2D eigenvalue weighted by Crippen LogP contribution is -1.90. The highest BCUT2D eigenvalue weighted by Gasteiger charge is 2.07. The molecule has 0 amide bonds. The summed E-state index contributed by atoms with van der Waals surface area (Å²) in [5.41, 5.74) is 1.47. The maximum Gasteiger partial charge on any atom is 0.344 e. The number of hydrogen-bond donors (Lipinski definition) is 0. The monoisotopic (exact) mass is 364 g/mol. The van der Waals surface area contributed by atoms with Gasteiger partial charge in [0.15, 0.2) is 5.78 Å². The van der Waals surface area contributed by atoms with Crippen LogP contribution in [0.25, 0.3) is 12.2 Å². The molecule has 0 bridgehead atoms. The molecule has 0 unspecified atom stereocenters. The van der Waals surface area contributed by atoms with Crippen molar-refractivity contribution < 1.29 is 22.7 Å². The second-order valence-corrected chi connectivity index (χ2v) is 5.26. The number of benzene rings is 2. The van der Waals surface area contributed by atoms with Crippen LogP contribution < -0.4 is 4.74 Å². The fraction of sp³-hybridized carbons (Fsp3) is 0. The second kappa shape index (κ2) is 8.89. The van der Waals surface area contributed by atoms with E-state index in [1.807, 2.05) is 0 Å². The zero-order chi connectivity index (χ0) is 18.2. The van der Waals surface area contributed by atoms with Crippen molar-refractivity contribution in [2.24, 2.45) is 0 Å². The summed E-state index contributed by atoms with van der Waals surface area (Å²) in [6, 6.07) is 10.7. The molecular weight excluding hydrogens is 353 g/mol. The Hall–Kier alpha value is -2.79. The van der Waals surface area contributed by atoms with Crippen LogP contribution in [0.3, 0.4) is 0 Å². The number of halogens is 4. The number of carbonyl (C=O) groups is 1. The first-order chi connectivity index (χ1) is 11.9. The molecule has 0 radical (unpaired) electrons. The standard InChI is InChI=1S/C19H12ClF3O2/c20-15-7-1-13(2-8-15)3-9-16(24)10-4-14-5-11-17(12-6-14)25-19(23)18(21)22/h1-12H. The van der Waals surface area contributed by atoms with E-state index >= 15 is 0 Å². The van der Waals surface area contributed by atoms with Crippen LogP contribution in [-0.4, -0.2) is 5.78 Å². The maximum atomic E-state index is 12.6. The van der Waals surface area contributed by atoms with Crippen LogP contribution in [0.1, 0.15) is 11.1 Å². The first-order valence-electron chi connectivity index (χ1n) is 7.08. The third-order valence-corrected chi connectivity index (χ3v) is 3.24. The van der Waals surface area contributed by atoms with Crippen LogP contribution in [0.15, 0.2) is 72.8 Å². The molecule has 0 saturated heterocycles. The molecule has 0 fully saturated rings. The molecule has 0 aliphatic carbocycles. The smallest absolute Gasteiger partial charge is 0.344 e. The first-order valence-corrected chi connectivity index (χ1v) is 7.46. The van der Waals surface area contributed by atoms with E-state index in [-0.39, 0.29) is 11.5 Å². The number of carbonyl (C=O) groups excluding carboxylic acids is 1. The van der Waals surface area contributed by atoms with Gasteiger partial charge in [0.25, 0.3) is 0 Å². The molecule has 0 aromatic heterocycles. The lowest BCUT2D eigenvalue weighted by atomic mass is 10.1. The van der Waals surface area contributed by atoms with Crippen LogP contribution in [-0.2, 0) is 4.79 Å². The van der Waals surface area contributed by atoms with E-state index in [9.17, 15) is 18.0 Å². The fourth-order valence-corrected chi connectivity index (χ4v) is 1.90. The van der Waals surface area contributed by atoms with Gasteiger partial charge >= 0.3 is 12.1 Å². The van der Waals surface area contributed by atoms with Gasteiger partial charge < -0.3 is 4.74 Å². The van der Waals surface area contributed by atoms with Crippen molar-refractivity contribution in [1.82, 2.24) is 0 Å². The molecule has 2 aromatic rings. The minimum atomic E-state index is -2.53. The fourth-order valence-electron chi connectivity index (χ4n) is 1.78. The van der Waals surface area contributed by atoms with Crippen molar-refractivity contribution in [1.29, 1.82) is 0 Å². The van der Waals surface area contributed by atoms with Gasteiger partial charge in [-0.15, -0.1) is 0 Å². The summed E-state index contributed by atoms with van der Waals surface area (Å²) in [6.07, 6.45) is 3.42. The molecule has 2 aromatic carbocycles. The van der Waals surface area contributed by atoms with Crippen molar-refractivity contribution in [2.75, 3.05) is 0 Å². The Labute approximate surface area is 147 Å². The molecule has 0 aliphatic rings.